The number of carbonyl (C=O) groups excluding carboxylic acids is 2. The maximum atomic E-state index is 13.3. The molecular weight excluding hydrogens is 411 g/mol. The van der Waals surface area contributed by atoms with Crippen molar-refractivity contribution >= 4 is 17.5 Å². The van der Waals surface area contributed by atoms with Gasteiger partial charge in [0, 0.05) is 31.0 Å². The van der Waals surface area contributed by atoms with Gasteiger partial charge < -0.3 is 15.0 Å². The second kappa shape index (κ2) is 9.21. The van der Waals surface area contributed by atoms with E-state index in [1.165, 1.54) is 17.0 Å². The third kappa shape index (κ3) is 4.64. The van der Waals surface area contributed by atoms with Crippen LogP contribution in [0.15, 0.2) is 48.5 Å². The lowest BCUT2D eigenvalue weighted by molar-refractivity contribution is -0.130. The number of anilines is 1. The van der Waals surface area contributed by atoms with Gasteiger partial charge in [-0.2, -0.15) is 5.10 Å². The molecule has 8 heteroatoms. The van der Waals surface area contributed by atoms with E-state index >= 15 is 0 Å². The van der Waals surface area contributed by atoms with E-state index in [0.29, 0.717) is 17.1 Å². The summed E-state index contributed by atoms with van der Waals surface area (Å²) >= 11 is 0. The van der Waals surface area contributed by atoms with Crippen molar-refractivity contribution in [2.24, 2.45) is 0 Å². The van der Waals surface area contributed by atoms with Crippen LogP contribution in [0.1, 0.15) is 34.6 Å². The number of benzene rings is 2. The Bertz CT molecular complexity index is 1120. The number of hydrogen-bond donors (Lipinski definition) is 1. The first-order chi connectivity index (χ1) is 15.4. The molecule has 1 heterocycles. The number of likely N-dealkylation sites (N-methyl/N-ethyl adjacent to an activating group) is 1. The molecular formula is C24H25FN4O3. The van der Waals surface area contributed by atoms with Gasteiger partial charge in [-0.05, 0) is 74.2 Å². The van der Waals surface area contributed by atoms with Crippen LogP contribution >= 0.6 is 0 Å². The molecule has 7 nitrogen and oxygen atoms in total. The quantitative estimate of drug-likeness (QED) is 0.641. The van der Waals surface area contributed by atoms with Crippen LogP contribution in [0.5, 0.6) is 5.75 Å². The minimum atomic E-state index is -0.314. The average Bonchev–Trinajstić information content (AvgIpc) is 3.19. The van der Waals surface area contributed by atoms with E-state index < -0.39 is 0 Å². The number of rotatable bonds is 6. The molecule has 4 rings (SSSR count). The van der Waals surface area contributed by atoms with Gasteiger partial charge in [-0.15, -0.1) is 0 Å². The highest BCUT2D eigenvalue weighted by Crippen LogP contribution is 2.28. The Hall–Kier alpha value is -3.68. The van der Waals surface area contributed by atoms with Crippen LogP contribution in [0.3, 0.4) is 0 Å². The van der Waals surface area contributed by atoms with Gasteiger partial charge in [0.2, 0.25) is 0 Å². The highest BCUT2D eigenvalue weighted by molar-refractivity contribution is 6.04. The van der Waals surface area contributed by atoms with Crippen LogP contribution in [0, 0.1) is 5.82 Å². The molecule has 0 radical (unpaired) electrons. The van der Waals surface area contributed by atoms with Gasteiger partial charge in [0.15, 0.2) is 12.3 Å². The van der Waals surface area contributed by atoms with E-state index in [0.717, 1.165) is 42.6 Å². The number of carbonyl (C=O) groups is 2. The summed E-state index contributed by atoms with van der Waals surface area (Å²) in [5.41, 5.74) is 3.67. The molecule has 1 aromatic heterocycles. The minimum Gasteiger partial charge on any atom is -0.484 e. The topological polar surface area (TPSA) is 76.5 Å². The summed E-state index contributed by atoms with van der Waals surface area (Å²) in [6.07, 6.45) is 3.63. The Morgan fingerprint density at radius 1 is 1.06 bits per heavy atom. The zero-order valence-corrected chi connectivity index (χ0v) is 18.1. The largest absolute Gasteiger partial charge is 0.484 e. The Labute approximate surface area is 185 Å². The average molecular weight is 436 g/mol. The number of nitrogens with one attached hydrogen (secondary N) is 1. The molecule has 32 heavy (non-hydrogen) atoms. The van der Waals surface area contributed by atoms with Gasteiger partial charge in [0.25, 0.3) is 11.8 Å². The number of hydrogen-bond acceptors (Lipinski definition) is 4. The lowest BCUT2D eigenvalue weighted by atomic mass is 9.95. The van der Waals surface area contributed by atoms with Crippen LogP contribution in [0.4, 0.5) is 10.1 Å². The van der Waals surface area contributed by atoms with Crippen LogP contribution in [-0.2, 0) is 17.6 Å². The van der Waals surface area contributed by atoms with Crippen molar-refractivity contribution in [2.75, 3.05) is 26.0 Å². The van der Waals surface area contributed by atoms with Crippen molar-refractivity contribution in [2.45, 2.75) is 25.7 Å². The van der Waals surface area contributed by atoms with E-state index in [-0.39, 0.29) is 24.2 Å². The van der Waals surface area contributed by atoms with Gasteiger partial charge in [0.1, 0.15) is 11.6 Å². The van der Waals surface area contributed by atoms with E-state index in [2.05, 4.69) is 10.4 Å². The zero-order valence-electron chi connectivity index (χ0n) is 18.1. The van der Waals surface area contributed by atoms with Crippen molar-refractivity contribution in [3.63, 3.8) is 0 Å². The summed E-state index contributed by atoms with van der Waals surface area (Å²) < 4.78 is 20.6. The normalized spacial score (nSPS) is 12.7. The maximum absolute atomic E-state index is 13.3. The van der Waals surface area contributed by atoms with Crippen molar-refractivity contribution in [3.8, 4) is 11.4 Å². The molecule has 3 aromatic rings. The fourth-order valence-corrected chi connectivity index (χ4v) is 3.68. The molecule has 1 N–H and O–H groups in total. The Kier molecular flexibility index (Phi) is 6.20. The fourth-order valence-electron chi connectivity index (χ4n) is 3.68. The first kappa shape index (κ1) is 21.5. The Balaban J connectivity index is 1.51. The zero-order chi connectivity index (χ0) is 22.7. The molecule has 1 aliphatic rings. The molecule has 0 atom stereocenters. The van der Waals surface area contributed by atoms with Crippen LogP contribution in [0.2, 0.25) is 0 Å². The molecule has 0 saturated carbocycles. The molecule has 0 saturated heterocycles. The molecule has 1 aliphatic carbocycles. The van der Waals surface area contributed by atoms with Gasteiger partial charge in [0.05, 0.1) is 5.69 Å². The molecule has 0 aliphatic heterocycles. The summed E-state index contributed by atoms with van der Waals surface area (Å²) in [5.74, 6) is -0.202. The lowest BCUT2D eigenvalue weighted by Gasteiger charge is -2.14. The summed E-state index contributed by atoms with van der Waals surface area (Å²) in [6.45, 7) is -0.0499. The number of fused-ring (bicyclic) bond motifs is 1. The number of amides is 2. The monoisotopic (exact) mass is 436 g/mol. The van der Waals surface area contributed by atoms with Crippen molar-refractivity contribution in [1.82, 2.24) is 14.7 Å². The SMILES string of the molecule is CN(C)C(=O)COc1ccc(NC(=O)c2nn(-c3ccc(F)cc3)c3c2CCCC3)cc1. The molecule has 0 fully saturated rings. The lowest BCUT2D eigenvalue weighted by Crippen LogP contribution is -2.27. The summed E-state index contributed by atoms with van der Waals surface area (Å²) in [6, 6.07) is 12.9. The predicted molar refractivity (Wildman–Crippen MR) is 119 cm³/mol. The highest BCUT2D eigenvalue weighted by Gasteiger charge is 2.25. The van der Waals surface area contributed by atoms with Crippen molar-refractivity contribution in [3.05, 3.63) is 71.3 Å². The number of ether oxygens (including phenoxy) is 1. The molecule has 0 bridgehead atoms. The summed E-state index contributed by atoms with van der Waals surface area (Å²) in [5, 5.41) is 7.47. The van der Waals surface area contributed by atoms with E-state index in [9.17, 15) is 14.0 Å². The van der Waals surface area contributed by atoms with Crippen molar-refractivity contribution in [1.29, 1.82) is 0 Å². The van der Waals surface area contributed by atoms with Crippen LogP contribution < -0.4 is 10.1 Å². The molecule has 166 valence electrons. The highest BCUT2D eigenvalue weighted by atomic mass is 19.1. The Morgan fingerprint density at radius 2 is 1.75 bits per heavy atom. The van der Waals surface area contributed by atoms with Crippen LogP contribution in [0.25, 0.3) is 5.69 Å². The van der Waals surface area contributed by atoms with E-state index in [1.54, 1.807) is 55.2 Å². The minimum absolute atomic E-state index is 0.0499. The smallest absolute Gasteiger partial charge is 0.276 e. The van der Waals surface area contributed by atoms with E-state index in [1.807, 2.05) is 0 Å². The van der Waals surface area contributed by atoms with Crippen molar-refractivity contribution < 1.29 is 18.7 Å². The number of halogens is 1. The predicted octanol–water partition coefficient (Wildman–Crippen LogP) is 3.61. The maximum Gasteiger partial charge on any atom is 0.276 e. The standard InChI is InChI=1S/C24H25FN4O3/c1-28(2)22(30)15-32-19-13-9-17(10-14-19)26-24(31)23-20-5-3-4-6-21(20)29(27-23)18-11-7-16(25)8-12-18/h7-14H,3-6,15H2,1-2H3,(H,26,31). The fraction of sp³-hybridized carbons (Fsp3) is 0.292. The second-order valence-electron chi connectivity index (χ2n) is 7.92. The molecule has 0 unspecified atom stereocenters. The third-order valence-electron chi connectivity index (χ3n) is 5.44. The first-order valence-corrected chi connectivity index (χ1v) is 10.5. The number of nitrogens with zero attached hydrogens (tertiary/aromatic N) is 3. The van der Waals surface area contributed by atoms with Crippen LogP contribution in [-0.4, -0.2) is 47.2 Å². The van der Waals surface area contributed by atoms with Gasteiger partial charge in [-0.25, -0.2) is 9.07 Å². The summed E-state index contributed by atoms with van der Waals surface area (Å²) in [4.78, 5) is 26.1. The summed E-state index contributed by atoms with van der Waals surface area (Å²) in [7, 11) is 3.33. The van der Waals surface area contributed by atoms with E-state index in [4.69, 9.17) is 4.74 Å². The first-order valence-electron chi connectivity index (χ1n) is 10.5. The second-order valence-corrected chi connectivity index (χ2v) is 7.92. The Morgan fingerprint density at radius 3 is 2.44 bits per heavy atom. The number of aromatic nitrogens is 2. The molecule has 2 amide bonds. The van der Waals surface area contributed by atoms with Gasteiger partial charge in [-0.1, -0.05) is 0 Å². The van der Waals surface area contributed by atoms with Gasteiger partial charge in [-0.3, -0.25) is 9.59 Å². The third-order valence-corrected chi connectivity index (χ3v) is 5.44. The molecule has 0 spiro atoms. The molecule has 2 aromatic carbocycles. The van der Waals surface area contributed by atoms with Gasteiger partial charge >= 0.3 is 0 Å².